The van der Waals surface area contributed by atoms with Crippen molar-refractivity contribution in [2.45, 2.75) is 43.9 Å². The van der Waals surface area contributed by atoms with Crippen LogP contribution in [0, 0.1) is 0 Å². The van der Waals surface area contributed by atoms with Gasteiger partial charge >= 0.3 is 0 Å². The van der Waals surface area contributed by atoms with Gasteiger partial charge in [0.15, 0.2) is 0 Å². The summed E-state index contributed by atoms with van der Waals surface area (Å²) in [4.78, 5) is 0.332. The van der Waals surface area contributed by atoms with E-state index in [9.17, 15) is 8.42 Å². The smallest absolute Gasteiger partial charge is 0.207 e. The summed E-state index contributed by atoms with van der Waals surface area (Å²) in [5.41, 5.74) is 2.00. The fourth-order valence-corrected chi connectivity index (χ4v) is 3.42. The fraction of sp³-hybridized carbons (Fsp3) is 0.571. The van der Waals surface area contributed by atoms with Crippen LogP contribution in [0.4, 0.5) is 0 Å². The molecule has 1 aromatic carbocycles. The van der Waals surface area contributed by atoms with Gasteiger partial charge in [-0.3, -0.25) is 0 Å². The van der Waals surface area contributed by atoms with Crippen LogP contribution in [-0.2, 0) is 22.3 Å². The lowest BCUT2D eigenvalue weighted by Gasteiger charge is -2.18. The number of hydrogen-bond donors (Lipinski definition) is 0. The molecule has 0 bridgehead atoms. The Morgan fingerprint density at radius 2 is 1.89 bits per heavy atom. The second-order valence-electron chi connectivity index (χ2n) is 4.60. The molecule has 0 heterocycles. The third-order valence-corrected chi connectivity index (χ3v) is 5.38. The van der Waals surface area contributed by atoms with Crippen molar-refractivity contribution < 1.29 is 8.42 Å². The molecule has 0 aliphatic heterocycles. The summed E-state index contributed by atoms with van der Waals surface area (Å²) in [5.74, 6) is 0.338. The largest absolute Gasteiger partial charge is 0.242 e. The Morgan fingerprint density at radius 3 is 2.42 bits per heavy atom. The number of benzene rings is 1. The zero-order chi connectivity index (χ0) is 14.5. The summed E-state index contributed by atoms with van der Waals surface area (Å²) in [6.45, 7) is 4.62. The second kappa shape index (κ2) is 7.27. The molecule has 0 aliphatic rings. The van der Waals surface area contributed by atoms with Crippen molar-refractivity contribution in [3.8, 4) is 0 Å². The van der Waals surface area contributed by atoms with Crippen LogP contribution in [0.5, 0.6) is 0 Å². The first-order valence-electron chi connectivity index (χ1n) is 6.61. The van der Waals surface area contributed by atoms with Crippen molar-refractivity contribution in [1.82, 2.24) is 4.31 Å². The summed E-state index contributed by atoms with van der Waals surface area (Å²) in [5, 5.41) is 0. The molecule has 5 heteroatoms. The Kier molecular flexibility index (Phi) is 6.30. The average Bonchev–Trinajstić information content (AvgIpc) is 2.43. The molecule has 0 saturated heterocycles. The first-order chi connectivity index (χ1) is 8.97. The molecular formula is C14H22ClNO2S. The topological polar surface area (TPSA) is 37.4 Å². The molecule has 0 fully saturated rings. The van der Waals surface area contributed by atoms with Crippen LogP contribution in [0.1, 0.15) is 37.8 Å². The SMILES string of the molecule is CCCCN(C)S(=O)(=O)c1ccc(CC)c(CCl)c1. The molecule has 0 N–H and O–H groups in total. The molecule has 0 amide bonds. The normalized spacial score (nSPS) is 12.1. The molecule has 0 aromatic heterocycles. The number of halogens is 1. The van der Waals surface area contributed by atoms with E-state index in [-0.39, 0.29) is 0 Å². The Bertz CT molecular complexity index is 514. The van der Waals surface area contributed by atoms with Crippen LogP contribution >= 0.6 is 11.6 Å². The van der Waals surface area contributed by atoms with Crippen molar-refractivity contribution in [3.05, 3.63) is 29.3 Å². The van der Waals surface area contributed by atoms with Crippen molar-refractivity contribution >= 4 is 21.6 Å². The molecule has 0 unspecified atom stereocenters. The van der Waals surface area contributed by atoms with Gasteiger partial charge < -0.3 is 0 Å². The lowest BCUT2D eigenvalue weighted by molar-refractivity contribution is 0.459. The number of unbranched alkanes of at least 4 members (excludes halogenated alkanes) is 1. The molecule has 0 saturated carbocycles. The van der Waals surface area contributed by atoms with Crippen LogP contribution in [-0.4, -0.2) is 26.3 Å². The highest BCUT2D eigenvalue weighted by Crippen LogP contribution is 2.21. The molecule has 108 valence electrons. The number of alkyl halides is 1. The van der Waals surface area contributed by atoms with Gasteiger partial charge in [0.25, 0.3) is 0 Å². The Labute approximate surface area is 121 Å². The molecule has 19 heavy (non-hydrogen) atoms. The van der Waals surface area contributed by atoms with Crippen LogP contribution < -0.4 is 0 Å². The third-order valence-electron chi connectivity index (χ3n) is 3.24. The molecule has 1 rings (SSSR count). The quantitative estimate of drug-likeness (QED) is 0.724. The van der Waals surface area contributed by atoms with E-state index in [0.717, 1.165) is 30.4 Å². The van der Waals surface area contributed by atoms with Crippen LogP contribution in [0.3, 0.4) is 0 Å². The molecule has 3 nitrogen and oxygen atoms in total. The highest BCUT2D eigenvalue weighted by Gasteiger charge is 2.20. The van der Waals surface area contributed by atoms with E-state index in [4.69, 9.17) is 11.6 Å². The van der Waals surface area contributed by atoms with E-state index in [1.54, 1.807) is 19.2 Å². The summed E-state index contributed by atoms with van der Waals surface area (Å²) in [6.07, 6.45) is 2.70. The van der Waals surface area contributed by atoms with Gasteiger partial charge in [-0.1, -0.05) is 26.3 Å². The van der Waals surface area contributed by atoms with Gasteiger partial charge in [0.1, 0.15) is 0 Å². The van der Waals surface area contributed by atoms with Gasteiger partial charge in [-0.05, 0) is 36.1 Å². The van der Waals surface area contributed by atoms with E-state index >= 15 is 0 Å². The third kappa shape index (κ3) is 3.94. The predicted octanol–water partition coefficient (Wildman–Crippen LogP) is 3.41. The van der Waals surface area contributed by atoms with Gasteiger partial charge in [0.05, 0.1) is 4.90 Å². The lowest BCUT2D eigenvalue weighted by Crippen LogP contribution is -2.28. The number of nitrogens with zero attached hydrogens (tertiary/aromatic N) is 1. The van der Waals surface area contributed by atoms with E-state index in [0.29, 0.717) is 17.3 Å². The fourth-order valence-electron chi connectivity index (χ4n) is 1.91. The molecular weight excluding hydrogens is 282 g/mol. The van der Waals surface area contributed by atoms with Crippen LogP contribution in [0.15, 0.2) is 23.1 Å². The molecule has 1 aromatic rings. The van der Waals surface area contributed by atoms with Gasteiger partial charge in [-0.15, -0.1) is 11.6 Å². The average molecular weight is 304 g/mol. The predicted molar refractivity (Wildman–Crippen MR) is 80.1 cm³/mol. The van der Waals surface area contributed by atoms with Crippen LogP contribution in [0.25, 0.3) is 0 Å². The molecule has 0 radical (unpaired) electrons. The maximum atomic E-state index is 12.4. The summed E-state index contributed by atoms with van der Waals surface area (Å²) in [7, 11) is -1.77. The molecule has 0 spiro atoms. The van der Waals surface area contributed by atoms with Crippen molar-refractivity contribution in [2.75, 3.05) is 13.6 Å². The van der Waals surface area contributed by atoms with Crippen LogP contribution in [0.2, 0.25) is 0 Å². The van der Waals surface area contributed by atoms with Gasteiger partial charge in [0.2, 0.25) is 10.0 Å². The molecule has 0 aliphatic carbocycles. The van der Waals surface area contributed by atoms with E-state index in [1.165, 1.54) is 4.31 Å². The first kappa shape index (κ1) is 16.5. The summed E-state index contributed by atoms with van der Waals surface area (Å²) < 4.78 is 26.2. The number of hydrogen-bond acceptors (Lipinski definition) is 2. The Hall–Kier alpha value is -0.580. The van der Waals surface area contributed by atoms with E-state index in [2.05, 4.69) is 0 Å². The number of rotatable bonds is 7. The minimum atomic E-state index is -3.39. The molecule has 0 atom stereocenters. The van der Waals surface area contributed by atoms with Gasteiger partial charge in [-0.2, -0.15) is 0 Å². The second-order valence-corrected chi connectivity index (χ2v) is 6.91. The monoisotopic (exact) mass is 303 g/mol. The maximum absolute atomic E-state index is 12.4. The van der Waals surface area contributed by atoms with Crippen molar-refractivity contribution in [2.24, 2.45) is 0 Å². The highest BCUT2D eigenvalue weighted by molar-refractivity contribution is 7.89. The first-order valence-corrected chi connectivity index (χ1v) is 8.58. The zero-order valence-electron chi connectivity index (χ0n) is 11.8. The Balaban J connectivity index is 3.08. The zero-order valence-corrected chi connectivity index (χ0v) is 13.4. The number of aryl methyl sites for hydroxylation is 1. The van der Waals surface area contributed by atoms with Crippen molar-refractivity contribution in [1.29, 1.82) is 0 Å². The Morgan fingerprint density at radius 1 is 1.21 bits per heavy atom. The standard InChI is InChI=1S/C14H22ClNO2S/c1-4-6-9-16(3)19(17,18)14-8-7-12(5-2)13(10-14)11-15/h7-8,10H,4-6,9,11H2,1-3H3. The minimum Gasteiger partial charge on any atom is -0.207 e. The highest BCUT2D eigenvalue weighted by atomic mass is 35.5. The summed E-state index contributed by atoms with van der Waals surface area (Å²) >= 11 is 5.89. The van der Waals surface area contributed by atoms with Crippen molar-refractivity contribution in [3.63, 3.8) is 0 Å². The van der Waals surface area contributed by atoms with Gasteiger partial charge in [-0.25, -0.2) is 12.7 Å². The summed E-state index contributed by atoms with van der Waals surface area (Å²) in [6, 6.07) is 5.23. The lowest BCUT2D eigenvalue weighted by atomic mass is 10.1. The van der Waals surface area contributed by atoms with Gasteiger partial charge in [0, 0.05) is 19.5 Å². The maximum Gasteiger partial charge on any atom is 0.242 e. The van der Waals surface area contributed by atoms with E-state index < -0.39 is 10.0 Å². The number of sulfonamides is 1. The minimum absolute atomic E-state index is 0.332. The van der Waals surface area contributed by atoms with E-state index in [1.807, 2.05) is 19.9 Å².